The average molecular weight is 343 g/mol. The van der Waals surface area contributed by atoms with Crippen molar-refractivity contribution in [2.24, 2.45) is 0 Å². The zero-order valence-electron chi connectivity index (χ0n) is 11.5. The number of ether oxygens (including phenoxy) is 2. The zero-order chi connectivity index (χ0) is 14.4. The second kappa shape index (κ2) is 7.59. The Balaban J connectivity index is 1.82. The topological polar surface area (TPSA) is 51.7 Å². The lowest BCUT2D eigenvalue weighted by atomic mass is 10.1. The third-order valence-corrected chi connectivity index (χ3v) is 3.61. The van der Waals surface area contributed by atoms with Gasteiger partial charge in [0.2, 0.25) is 0 Å². The molecule has 1 aliphatic heterocycles. The smallest absolute Gasteiger partial charge is 0.260 e. The fourth-order valence-corrected chi connectivity index (χ4v) is 2.59. The zero-order valence-corrected chi connectivity index (χ0v) is 13.1. The summed E-state index contributed by atoms with van der Waals surface area (Å²) in [5.74, 6) is 0.584. The summed E-state index contributed by atoms with van der Waals surface area (Å²) in [7, 11) is 0. The minimum Gasteiger partial charge on any atom is -0.482 e. The second-order valence-corrected chi connectivity index (χ2v) is 5.60. The van der Waals surface area contributed by atoms with Gasteiger partial charge < -0.3 is 14.4 Å². The van der Waals surface area contributed by atoms with E-state index in [9.17, 15) is 4.79 Å². The standard InChI is InChI=1S/C14H19BrN2O3/c1-2-19-12-4-3-5-17(9-12)14(18)10-20-13-6-11(15)7-16-8-13/h6-8,12H,2-5,9-10H2,1H3/t12-/m1/s1. The van der Waals surface area contributed by atoms with Crippen LogP contribution in [0.4, 0.5) is 0 Å². The molecule has 0 radical (unpaired) electrons. The Morgan fingerprint density at radius 2 is 2.40 bits per heavy atom. The summed E-state index contributed by atoms with van der Waals surface area (Å²) in [5, 5.41) is 0. The van der Waals surface area contributed by atoms with Gasteiger partial charge in [-0.1, -0.05) is 0 Å². The quantitative estimate of drug-likeness (QED) is 0.823. The van der Waals surface area contributed by atoms with Gasteiger partial charge >= 0.3 is 0 Å². The van der Waals surface area contributed by atoms with Gasteiger partial charge in [0.1, 0.15) is 5.75 Å². The van der Waals surface area contributed by atoms with E-state index in [0.29, 0.717) is 18.9 Å². The van der Waals surface area contributed by atoms with Gasteiger partial charge in [0, 0.05) is 30.4 Å². The first-order valence-corrected chi connectivity index (χ1v) is 7.61. The SMILES string of the molecule is CCO[C@@H]1CCCN(C(=O)COc2cncc(Br)c2)C1. The molecule has 1 atom stereocenters. The van der Waals surface area contributed by atoms with E-state index in [4.69, 9.17) is 9.47 Å². The third kappa shape index (κ3) is 4.45. The van der Waals surface area contributed by atoms with Gasteiger partial charge in [-0.25, -0.2) is 0 Å². The molecule has 110 valence electrons. The second-order valence-electron chi connectivity index (χ2n) is 4.69. The van der Waals surface area contributed by atoms with Crippen molar-refractivity contribution >= 4 is 21.8 Å². The van der Waals surface area contributed by atoms with E-state index in [0.717, 1.165) is 23.9 Å². The van der Waals surface area contributed by atoms with Gasteiger partial charge in [-0.15, -0.1) is 0 Å². The monoisotopic (exact) mass is 342 g/mol. The molecule has 0 saturated carbocycles. The highest BCUT2D eigenvalue weighted by atomic mass is 79.9. The van der Waals surface area contributed by atoms with Gasteiger partial charge in [0.15, 0.2) is 6.61 Å². The minimum atomic E-state index is -0.00521. The molecule has 1 aromatic rings. The van der Waals surface area contributed by atoms with Crippen LogP contribution in [0.25, 0.3) is 0 Å². The van der Waals surface area contributed by atoms with Crippen molar-refractivity contribution in [3.63, 3.8) is 0 Å². The Bertz CT molecular complexity index is 454. The highest BCUT2D eigenvalue weighted by Gasteiger charge is 2.24. The number of nitrogens with zero attached hydrogens (tertiary/aromatic N) is 2. The maximum Gasteiger partial charge on any atom is 0.260 e. The molecule has 1 fully saturated rings. The van der Waals surface area contributed by atoms with Crippen LogP contribution in [0.5, 0.6) is 5.75 Å². The molecule has 2 heterocycles. The summed E-state index contributed by atoms with van der Waals surface area (Å²) in [4.78, 5) is 17.9. The average Bonchev–Trinajstić information content (AvgIpc) is 2.45. The minimum absolute atomic E-state index is 0.00521. The van der Waals surface area contributed by atoms with Crippen LogP contribution in [0.1, 0.15) is 19.8 Å². The van der Waals surface area contributed by atoms with E-state index < -0.39 is 0 Å². The number of hydrogen-bond donors (Lipinski definition) is 0. The van der Waals surface area contributed by atoms with Crippen molar-refractivity contribution < 1.29 is 14.3 Å². The normalized spacial score (nSPS) is 18.9. The first-order chi connectivity index (χ1) is 9.69. The molecule has 0 spiro atoms. The number of hydrogen-bond acceptors (Lipinski definition) is 4. The number of piperidine rings is 1. The lowest BCUT2D eigenvalue weighted by Gasteiger charge is -2.32. The van der Waals surface area contributed by atoms with Crippen LogP contribution in [-0.2, 0) is 9.53 Å². The number of carbonyl (C=O) groups excluding carboxylic acids is 1. The fraction of sp³-hybridized carbons (Fsp3) is 0.571. The van der Waals surface area contributed by atoms with Gasteiger partial charge in [-0.3, -0.25) is 9.78 Å². The predicted molar refractivity (Wildman–Crippen MR) is 78.7 cm³/mol. The largest absolute Gasteiger partial charge is 0.482 e. The van der Waals surface area contributed by atoms with Crippen LogP contribution >= 0.6 is 15.9 Å². The van der Waals surface area contributed by atoms with Crippen LogP contribution in [0, 0.1) is 0 Å². The van der Waals surface area contributed by atoms with Crippen LogP contribution in [0.3, 0.4) is 0 Å². The Labute approximate surface area is 127 Å². The van der Waals surface area contributed by atoms with Crippen molar-refractivity contribution in [2.45, 2.75) is 25.9 Å². The van der Waals surface area contributed by atoms with Gasteiger partial charge in [0.05, 0.1) is 12.3 Å². The molecule has 1 aromatic heterocycles. The van der Waals surface area contributed by atoms with Crippen molar-refractivity contribution in [2.75, 3.05) is 26.3 Å². The molecule has 1 saturated heterocycles. The van der Waals surface area contributed by atoms with Crippen molar-refractivity contribution in [3.05, 3.63) is 22.9 Å². The Hall–Kier alpha value is -1.14. The summed E-state index contributed by atoms with van der Waals surface area (Å²) in [6, 6.07) is 1.79. The van der Waals surface area contributed by atoms with Crippen LogP contribution in [0.15, 0.2) is 22.9 Å². The molecule has 5 nitrogen and oxygen atoms in total. The highest BCUT2D eigenvalue weighted by Crippen LogP contribution is 2.17. The van der Waals surface area contributed by atoms with Gasteiger partial charge in [-0.05, 0) is 41.8 Å². The highest BCUT2D eigenvalue weighted by molar-refractivity contribution is 9.10. The summed E-state index contributed by atoms with van der Waals surface area (Å²) in [6.45, 7) is 4.14. The Morgan fingerprint density at radius 3 is 3.15 bits per heavy atom. The summed E-state index contributed by atoms with van der Waals surface area (Å²) >= 11 is 3.32. The molecule has 20 heavy (non-hydrogen) atoms. The molecule has 1 amide bonds. The number of amides is 1. The number of halogens is 1. The lowest BCUT2D eigenvalue weighted by molar-refractivity contribution is -0.137. The Kier molecular flexibility index (Phi) is 5.79. The molecule has 0 bridgehead atoms. The van der Waals surface area contributed by atoms with Gasteiger partial charge in [0.25, 0.3) is 5.91 Å². The van der Waals surface area contributed by atoms with E-state index in [1.54, 1.807) is 18.5 Å². The Morgan fingerprint density at radius 1 is 1.55 bits per heavy atom. The van der Waals surface area contributed by atoms with Crippen LogP contribution in [-0.4, -0.2) is 48.2 Å². The molecular formula is C14H19BrN2O3. The molecule has 0 unspecified atom stereocenters. The summed E-state index contributed by atoms with van der Waals surface area (Å²) in [6.07, 6.45) is 5.43. The maximum atomic E-state index is 12.1. The molecule has 2 rings (SSSR count). The molecular weight excluding hydrogens is 324 g/mol. The van der Waals surface area contributed by atoms with E-state index >= 15 is 0 Å². The predicted octanol–water partition coefficient (Wildman–Crippen LogP) is 2.25. The molecule has 0 aliphatic carbocycles. The number of likely N-dealkylation sites (tertiary alicyclic amines) is 1. The molecule has 0 aromatic carbocycles. The number of carbonyl (C=O) groups is 1. The van der Waals surface area contributed by atoms with Gasteiger partial charge in [-0.2, -0.15) is 0 Å². The van der Waals surface area contributed by atoms with Crippen molar-refractivity contribution in [1.82, 2.24) is 9.88 Å². The van der Waals surface area contributed by atoms with Crippen LogP contribution in [0.2, 0.25) is 0 Å². The van der Waals surface area contributed by atoms with Crippen molar-refractivity contribution in [1.29, 1.82) is 0 Å². The lowest BCUT2D eigenvalue weighted by Crippen LogP contribution is -2.45. The summed E-state index contributed by atoms with van der Waals surface area (Å²) < 4.78 is 11.9. The maximum absolute atomic E-state index is 12.1. The molecule has 0 N–H and O–H groups in total. The van der Waals surface area contributed by atoms with E-state index in [1.807, 2.05) is 11.8 Å². The van der Waals surface area contributed by atoms with E-state index in [-0.39, 0.29) is 18.6 Å². The van der Waals surface area contributed by atoms with E-state index in [2.05, 4.69) is 20.9 Å². The van der Waals surface area contributed by atoms with Crippen LogP contribution < -0.4 is 4.74 Å². The first-order valence-electron chi connectivity index (χ1n) is 6.81. The number of aromatic nitrogens is 1. The van der Waals surface area contributed by atoms with Crippen molar-refractivity contribution in [3.8, 4) is 5.75 Å². The first kappa shape index (κ1) is 15.3. The van der Waals surface area contributed by atoms with E-state index in [1.165, 1.54) is 0 Å². The molecule has 1 aliphatic rings. The number of pyridine rings is 1. The molecule has 6 heteroatoms. The fourth-order valence-electron chi connectivity index (χ4n) is 2.24. The number of rotatable bonds is 5. The summed E-state index contributed by atoms with van der Waals surface area (Å²) in [5.41, 5.74) is 0. The third-order valence-electron chi connectivity index (χ3n) is 3.18.